The summed E-state index contributed by atoms with van der Waals surface area (Å²) in [7, 11) is 0. The third kappa shape index (κ3) is 3.16. The number of piperidine rings is 1. The van der Waals surface area contributed by atoms with Gasteiger partial charge in [-0.25, -0.2) is 4.98 Å². The van der Waals surface area contributed by atoms with Crippen LogP contribution in [0, 0.1) is 11.3 Å². The van der Waals surface area contributed by atoms with E-state index >= 15 is 0 Å². The van der Waals surface area contributed by atoms with Crippen molar-refractivity contribution in [2.24, 2.45) is 0 Å². The van der Waals surface area contributed by atoms with Crippen molar-refractivity contribution in [1.82, 2.24) is 4.98 Å². The van der Waals surface area contributed by atoms with Crippen LogP contribution in [0.25, 0.3) is 0 Å². The first-order valence-electron chi connectivity index (χ1n) is 8.83. The van der Waals surface area contributed by atoms with Crippen molar-refractivity contribution in [3.63, 3.8) is 0 Å². The zero-order chi connectivity index (χ0) is 18.1. The van der Waals surface area contributed by atoms with Gasteiger partial charge in [-0.2, -0.15) is 5.26 Å². The molecule has 2 aromatic rings. The number of pyridine rings is 1. The van der Waals surface area contributed by atoms with Gasteiger partial charge in [0.2, 0.25) is 0 Å². The molecule has 0 atom stereocenters. The molecule has 3 heterocycles. The molecule has 1 aromatic carbocycles. The molecule has 1 fully saturated rings. The SMILES string of the molecule is N#Cc1cc2c(nc1N1CCC(O)(c3ccc(Cl)cc3)CC1)CCOC2. The number of benzene rings is 1. The smallest absolute Gasteiger partial charge is 0.146 e. The molecule has 0 unspecified atom stereocenters. The molecular weight excluding hydrogens is 350 g/mol. The Labute approximate surface area is 157 Å². The molecule has 2 aliphatic rings. The molecule has 0 amide bonds. The number of nitriles is 1. The van der Waals surface area contributed by atoms with Gasteiger partial charge >= 0.3 is 0 Å². The predicted molar refractivity (Wildman–Crippen MR) is 99.1 cm³/mol. The molecule has 5 nitrogen and oxygen atoms in total. The van der Waals surface area contributed by atoms with E-state index in [0.29, 0.717) is 49.7 Å². The summed E-state index contributed by atoms with van der Waals surface area (Å²) >= 11 is 5.95. The molecule has 0 saturated carbocycles. The fourth-order valence-corrected chi connectivity index (χ4v) is 3.86. The molecule has 0 radical (unpaired) electrons. The second-order valence-corrected chi connectivity index (χ2v) is 7.34. The van der Waals surface area contributed by atoms with Crippen LogP contribution in [0.5, 0.6) is 0 Å². The van der Waals surface area contributed by atoms with Gasteiger partial charge in [0.15, 0.2) is 0 Å². The van der Waals surface area contributed by atoms with Crippen LogP contribution in [0.15, 0.2) is 30.3 Å². The van der Waals surface area contributed by atoms with Crippen molar-refractivity contribution in [3.8, 4) is 6.07 Å². The second kappa shape index (κ2) is 6.88. The summed E-state index contributed by atoms with van der Waals surface area (Å²) in [6, 6.07) is 11.5. The highest BCUT2D eigenvalue weighted by Gasteiger charge is 2.35. The summed E-state index contributed by atoms with van der Waals surface area (Å²) in [4.78, 5) is 6.87. The number of fused-ring (bicyclic) bond motifs is 1. The summed E-state index contributed by atoms with van der Waals surface area (Å²) in [5.41, 5.74) is 2.62. The van der Waals surface area contributed by atoms with Crippen LogP contribution in [-0.4, -0.2) is 29.8 Å². The van der Waals surface area contributed by atoms with Crippen LogP contribution in [0.4, 0.5) is 5.82 Å². The Bertz CT molecular complexity index is 853. The van der Waals surface area contributed by atoms with Gasteiger partial charge in [0.05, 0.1) is 30.1 Å². The highest BCUT2D eigenvalue weighted by atomic mass is 35.5. The monoisotopic (exact) mass is 369 g/mol. The van der Waals surface area contributed by atoms with Gasteiger partial charge in [0, 0.05) is 30.1 Å². The molecule has 6 heteroatoms. The van der Waals surface area contributed by atoms with Crippen molar-refractivity contribution in [2.75, 3.05) is 24.6 Å². The number of ether oxygens (including phenoxy) is 1. The van der Waals surface area contributed by atoms with E-state index in [4.69, 9.17) is 21.3 Å². The van der Waals surface area contributed by atoms with E-state index in [-0.39, 0.29) is 0 Å². The second-order valence-electron chi connectivity index (χ2n) is 6.91. The molecule has 1 aromatic heterocycles. The number of anilines is 1. The first-order chi connectivity index (χ1) is 12.6. The van der Waals surface area contributed by atoms with Gasteiger partial charge in [0.25, 0.3) is 0 Å². The third-order valence-corrected chi connectivity index (χ3v) is 5.56. The van der Waals surface area contributed by atoms with Crippen molar-refractivity contribution in [3.05, 3.63) is 57.7 Å². The summed E-state index contributed by atoms with van der Waals surface area (Å²) in [5, 5.41) is 21.2. The van der Waals surface area contributed by atoms with E-state index in [0.717, 1.165) is 29.1 Å². The maximum Gasteiger partial charge on any atom is 0.146 e. The van der Waals surface area contributed by atoms with Gasteiger partial charge in [-0.1, -0.05) is 23.7 Å². The lowest BCUT2D eigenvalue weighted by Crippen LogP contribution is -2.43. The molecular formula is C20H20ClN3O2. The first kappa shape index (κ1) is 17.3. The molecule has 0 aliphatic carbocycles. The fourth-order valence-electron chi connectivity index (χ4n) is 3.73. The molecule has 2 aliphatic heterocycles. The maximum absolute atomic E-state index is 11.0. The van der Waals surface area contributed by atoms with Crippen LogP contribution in [0.3, 0.4) is 0 Å². The number of hydrogen-bond donors (Lipinski definition) is 1. The number of halogens is 1. The molecule has 4 rings (SSSR count). The standard InChI is InChI=1S/C20H20ClN3O2/c21-17-3-1-16(2-4-17)20(25)6-8-24(9-7-20)19-14(12-22)11-15-13-26-10-5-18(15)23-19/h1-4,11,25H,5-10,13H2. The van der Waals surface area contributed by atoms with Crippen LogP contribution < -0.4 is 4.90 Å². The molecule has 0 bridgehead atoms. The molecule has 1 saturated heterocycles. The number of aromatic nitrogens is 1. The van der Waals surface area contributed by atoms with E-state index in [2.05, 4.69) is 11.0 Å². The minimum absolute atomic E-state index is 0.521. The van der Waals surface area contributed by atoms with Gasteiger partial charge in [-0.05, 0) is 36.6 Å². The molecule has 26 heavy (non-hydrogen) atoms. The maximum atomic E-state index is 11.0. The van der Waals surface area contributed by atoms with Crippen LogP contribution in [0.2, 0.25) is 5.02 Å². The zero-order valence-electron chi connectivity index (χ0n) is 14.4. The third-order valence-electron chi connectivity index (χ3n) is 5.30. The average molecular weight is 370 g/mol. The fraction of sp³-hybridized carbons (Fsp3) is 0.400. The van der Waals surface area contributed by atoms with Gasteiger partial charge in [-0.15, -0.1) is 0 Å². The number of aliphatic hydroxyl groups is 1. The Balaban J connectivity index is 1.56. The van der Waals surface area contributed by atoms with Gasteiger partial charge < -0.3 is 14.7 Å². The summed E-state index contributed by atoms with van der Waals surface area (Å²) in [5.74, 6) is 0.728. The number of rotatable bonds is 2. The van der Waals surface area contributed by atoms with E-state index in [9.17, 15) is 10.4 Å². The lowest BCUT2D eigenvalue weighted by Gasteiger charge is -2.39. The summed E-state index contributed by atoms with van der Waals surface area (Å²) < 4.78 is 5.46. The minimum atomic E-state index is -0.865. The summed E-state index contributed by atoms with van der Waals surface area (Å²) in [6.07, 6.45) is 1.94. The van der Waals surface area contributed by atoms with E-state index < -0.39 is 5.60 Å². The van der Waals surface area contributed by atoms with Crippen molar-refractivity contribution < 1.29 is 9.84 Å². The summed E-state index contributed by atoms with van der Waals surface area (Å²) in [6.45, 7) is 2.49. The highest BCUT2D eigenvalue weighted by molar-refractivity contribution is 6.30. The minimum Gasteiger partial charge on any atom is -0.385 e. The number of hydrogen-bond acceptors (Lipinski definition) is 5. The molecule has 1 N–H and O–H groups in total. The predicted octanol–water partition coefficient (Wildman–Crippen LogP) is 3.17. The van der Waals surface area contributed by atoms with Crippen molar-refractivity contribution in [2.45, 2.75) is 31.5 Å². The topological polar surface area (TPSA) is 69.4 Å². The highest BCUT2D eigenvalue weighted by Crippen LogP contribution is 2.36. The van der Waals surface area contributed by atoms with Crippen LogP contribution >= 0.6 is 11.6 Å². The largest absolute Gasteiger partial charge is 0.385 e. The van der Waals surface area contributed by atoms with Crippen molar-refractivity contribution in [1.29, 1.82) is 5.26 Å². The Morgan fingerprint density at radius 1 is 1.23 bits per heavy atom. The van der Waals surface area contributed by atoms with E-state index in [1.165, 1.54) is 0 Å². The normalized spacial score (nSPS) is 18.9. The van der Waals surface area contributed by atoms with Gasteiger partial charge in [-0.3, -0.25) is 0 Å². The first-order valence-corrected chi connectivity index (χ1v) is 9.21. The molecule has 134 valence electrons. The lowest BCUT2D eigenvalue weighted by molar-refractivity contribution is 0.0116. The Morgan fingerprint density at radius 3 is 2.65 bits per heavy atom. The number of nitrogens with zero attached hydrogens (tertiary/aromatic N) is 3. The van der Waals surface area contributed by atoms with Crippen molar-refractivity contribution >= 4 is 17.4 Å². The Kier molecular flexibility index (Phi) is 4.58. The van der Waals surface area contributed by atoms with Crippen LogP contribution in [-0.2, 0) is 23.4 Å². The van der Waals surface area contributed by atoms with Crippen LogP contribution in [0.1, 0.15) is 35.2 Å². The zero-order valence-corrected chi connectivity index (χ0v) is 15.2. The average Bonchev–Trinajstić information content (AvgIpc) is 2.68. The van der Waals surface area contributed by atoms with Gasteiger partial charge in [0.1, 0.15) is 11.9 Å². The quantitative estimate of drug-likeness (QED) is 0.880. The Hall–Kier alpha value is -2.13. The van der Waals surface area contributed by atoms with E-state index in [1.54, 1.807) is 0 Å². The lowest BCUT2D eigenvalue weighted by atomic mass is 9.84. The van der Waals surface area contributed by atoms with E-state index in [1.807, 2.05) is 30.3 Å². The molecule has 0 spiro atoms. The Morgan fingerprint density at radius 2 is 1.96 bits per heavy atom.